The molecule has 0 aliphatic rings. The van der Waals surface area contributed by atoms with E-state index in [0.29, 0.717) is 11.8 Å². The molecule has 0 spiro atoms. The van der Waals surface area contributed by atoms with E-state index in [9.17, 15) is 0 Å². The lowest BCUT2D eigenvalue weighted by atomic mass is 9.98. The van der Waals surface area contributed by atoms with Crippen LogP contribution in [0.3, 0.4) is 0 Å². The predicted molar refractivity (Wildman–Crippen MR) is 69.5 cm³/mol. The third-order valence-electron chi connectivity index (χ3n) is 2.87. The molecule has 0 amide bonds. The smallest absolute Gasteiger partial charge is 0.153 e. The molecule has 2 rings (SSSR count). The molecule has 3 heteroatoms. The molecule has 0 N–H and O–H groups in total. The van der Waals surface area contributed by atoms with Crippen molar-refractivity contribution in [2.75, 3.05) is 0 Å². The first-order chi connectivity index (χ1) is 8.11. The lowest BCUT2D eigenvalue weighted by Gasteiger charge is -2.13. The van der Waals surface area contributed by atoms with Crippen LogP contribution in [-0.4, -0.2) is 14.8 Å². The molecule has 2 aromatic heterocycles. The Labute approximate surface area is 103 Å². The molecule has 0 saturated heterocycles. The number of rotatable bonds is 3. The van der Waals surface area contributed by atoms with E-state index in [0.717, 1.165) is 5.82 Å². The van der Waals surface area contributed by atoms with Gasteiger partial charge in [-0.1, -0.05) is 33.8 Å². The van der Waals surface area contributed by atoms with Gasteiger partial charge in [0.1, 0.15) is 0 Å². The second-order valence-corrected chi connectivity index (χ2v) is 4.89. The zero-order chi connectivity index (χ0) is 12.4. The van der Waals surface area contributed by atoms with Crippen LogP contribution >= 0.6 is 0 Å². The summed E-state index contributed by atoms with van der Waals surface area (Å²) in [6.45, 7) is 8.79. The summed E-state index contributed by atoms with van der Waals surface area (Å²) >= 11 is 0. The molecular weight excluding hydrogens is 210 g/mol. The summed E-state index contributed by atoms with van der Waals surface area (Å²) in [7, 11) is 0. The molecule has 2 heterocycles. The maximum atomic E-state index is 4.48. The molecule has 0 aromatic carbocycles. The van der Waals surface area contributed by atoms with Crippen molar-refractivity contribution in [1.82, 2.24) is 14.8 Å². The topological polar surface area (TPSA) is 30.7 Å². The molecule has 2 aromatic rings. The molecule has 90 valence electrons. The van der Waals surface area contributed by atoms with Gasteiger partial charge in [0.05, 0.1) is 11.9 Å². The molecule has 0 bridgehead atoms. The third-order valence-corrected chi connectivity index (χ3v) is 2.87. The molecule has 0 radical (unpaired) electrons. The van der Waals surface area contributed by atoms with Gasteiger partial charge in [-0.25, -0.2) is 9.67 Å². The van der Waals surface area contributed by atoms with Crippen LogP contribution in [0.5, 0.6) is 0 Å². The molecular formula is C14H19N3. The van der Waals surface area contributed by atoms with Gasteiger partial charge in [0.25, 0.3) is 0 Å². The van der Waals surface area contributed by atoms with Crippen molar-refractivity contribution in [1.29, 1.82) is 0 Å². The Hall–Kier alpha value is -1.64. The average Bonchev–Trinajstić information content (AvgIpc) is 2.74. The van der Waals surface area contributed by atoms with E-state index in [1.807, 2.05) is 29.1 Å². The van der Waals surface area contributed by atoms with Crippen LogP contribution in [0.25, 0.3) is 5.82 Å². The van der Waals surface area contributed by atoms with Crippen LogP contribution in [0.4, 0.5) is 0 Å². The van der Waals surface area contributed by atoms with Crippen molar-refractivity contribution in [3.8, 4) is 5.82 Å². The van der Waals surface area contributed by atoms with Crippen LogP contribution < -0.4 is 0 Å². The van der Waals surface area contributed by atoms with Crippen LogP contribution in [0.2, 0.25) is 0 Å². The summed E-state index contributed by atoms with van der Waals surface area (Å²) in [6, 6.07) is 5.90. The fourth-order valence-electron chi connectivity index (χ4n) is 2.05. The van der Waals surface area contributed by atoms with E-state index >= 15 is 0 Å². The highest BCUT2D eigenvalue weighted by Gasteiger charge is 2.17. The van der Waals surface area contributed by atoms with E-state index in [4.69, 9.17) is 0 Å². The van der Waals surface area contributed by atoms with E-state index in [1.165, 1.54) is 11.3 Å². The van der Waals surface area contributed by atoms with Crippen LogP contribution in [0.15, 0.2) is 30.6 Å². The molecule has 0 atom stereocenters. The Kier molecular flexibility index (Phi) is 3.27. The molecule has 0 unspecified atom stereocenters. The minimum absolute atomic E-state index is 0.442. The average molecular weight is 229 g/mol. The highest BCUT2D eigenvalue weighted by molar-refractivity contribution is 5.32. The summed E-state index contributed by atoms with van der Waals surface area (Å²) in [6.07, 6.45) is 3.77. The summed E-state index contributed by atoms with van der Waals surface area (Å²) in [5.41, 5.74) is 2.57. The largest absolute Gasteiger partial charge is 0.237 e. The maximum absolute atomic E-state index is 4.48. The fourth-order valence-corrected chi connectivity index (χ4v) is 2.05. The summed E-state index contributed by atoms with van der Waals surface area (Å²) < 4.78 is 1.96. The monoisotopic (exact) mass is 229 g/mol. The van der Waals surface area contributed by atoms with E-state index in [-0.39, 0.29) is 0 Å². The summed E-state index contributed by atoms with van der Waals surface area (Å²) in [5.74, 6) is 1.82. The van der Waals surface area contributed by atoms with Gasteiger partial charge in [-0.05, 0) is 29.5 Å². The first kappa shape index (κ1) is 11.8. The van der Waals surface area contributed by atoms with Gasteiger partial charge in [0, 0.05) is 6.20 Å². The number of aromatic nitrogens is 3. The van der Waals surface area contributed by atoms with Crippen molar-refractivity contribution in [3.63, 3.8) is 0 Å². The zero-order valence-electron chi connectivity index (χ0n) is 10.9. The SMILES string of the molecule is CC(C)c1cnn(-c2ccccn2)c1C(C)C. The van der Waals surface area contributed by atoms with Crippen molar-refractivity contribution in [2.45, 2.75) is 39.5 Å². The van der Waals surface area contributed by atoms with Gasteiger partial charge in [-0.15, -0.1) is 0 Å². The van der Waals surface area contributed by atoms with Crippen LogP contribution in [0, 0.1) is 0 Å². The van der Waals surface area contributed by atoms with E-state index in [2.05, 4.69) is 37.8 Å². The Bertz CT molecular complexity index is 483. The number of nitrogens with zero attached hydrogens (tertiary/aromatic N) is 3. The second-order valence-electron chi connectivity index (χ2n) is 4.89. The standard InChI is InChI=1S/C14H19N3/c1-10(2)12-9-16-17(14(12)11(3)4)13-7-5-6-8-15-13/h5-11H,1-4H3. The van der Waals surface area contributed by atoms with Crippen molar-refractivity contribution < 1.29 is 0 Å². The number of hydrogen-bond acceptors (Lipinski definition) is 2. The predicted octanol–water partition coefficient (Wildman–Crippen LogP) is 3.51. The Balaban J connectivity index is 2.56. The number of pyridine rings is 1. The zero-order valence-corrected chi connectivity index (χ0v) is 10.9. The quantitative estimate of drug-likeness (QED) is 0.806. The lowest BCUT2D eigenvalue weighted by molar-refractivity contribution is 0.703. The number of hydrogen-bond donors (Lipinski definition) is 0. The fraction of sp³-hybridized carbons (Fsp3) is 0.429. The van der Waals surface area contributed by atoms with Crippen LogP contribution in [-0.2, 0) is 0 Å². The maximum Gasteiger partial charge on any atom is 0.153 e. The van der Waals surface area contributed by atoms with Crippen molar-refractivity contribution >= 4 is 0 Å². The Morgan fingerprint density at radius 2 is 1.82 bits per heavy atom. The minimum atomic E-state index is 0.442. The lowest BCUT2D eigenvalue weighted by Crippen LogP contribution is -2.07. The molecule has 0 saturated carbocycles. The normalized spacial score (nSPS) is 11.4. The van der Waals surface area contributed by atoms with Gasteiger partial charge < -0.3 is 0 Å². The van der Waals surface area contributed by atoms with Gasteiger partial charge in [-0.3, -0.25) is 0 Å². The minimum Gasteiger partial charge on any atom is -0.237 e. The van der Waals surface area contributed by atoms with E-state index in [1.54, 1.807) is 6.20 Å². The second kappa shape index (κ2) is 4.70. The van der Waals surface area contributed by atoms with Gasteiger partial charge in [-0.2, -0.15) is 5.10 Å². The Morgan fingerprint density at radius 3 is 2.35 bits per heavy atom. The molecule has 0 aliphatic heterocycles. The summed E-state index contributed by atoms with van der Waals surface area (Å²) in [5, 5.41) is 4.48. The highest BCUT2D eigenvalue weighted by atomic mass is 15.3. The molecule has 0 aliphatic carbocycles. The molecule has 17 heavy (non-hydrogen) atoms. The first-order valence-corrected chi connectivity index (χ1v) is 6.10. The van der Waals surface area contributed by atoms with Crippen LogP contribution in [0.1, 0.15) is 50.8 Å². The Morgan fingerprint density at radius 1 is 1.06 bits per heavy atom. The van der Waals surface area contributed by atoms with Gasteiger partial charge >= 0.3 is 0 Å². The molecule has 3 nitrogen and oxygen atoms in total. The van der Waals surface area contributed by atoms with E-state index < -0.39 is 0 Å². The van der Waals surface area contributed by atoms with Gasteiger partial charge in [0.15, 0.2) is 5.82 Å². The first-order valence-electron chi connectivity index (χ1n) is 6.10. The third kappa shape index (κ3) is 2.23. The highest BCUT2D eigenvalue weighted by Crippen LogP contribution is 2.27. The molecule has 0 fully saturated rings. The summed E-state index contributed by atoms with van der Waals surface area (Å²) in [4.78, 5) is 4.37. The van der Waals surface area contributed by atoms with Crippen molar-refractivity contribution in [3.05, 3.63) is 41.9 Å². The van der Waals surface area contributed by atoms with Crippen molar-refractivity contribution in [2.24, 2.45) is 0 Å². The van der Waals surface area contributed by atoms with Gasteiger partial charge in [0.2, 0.25) is 0 Å².